The molecule has 2 unspecified atom stereocenters. The molecule has 1 amide bonds. The van der Waals surface area contributed by atoms with Crippen LogP contribution in [0.4, 0.5) is 18.9 Å². The lowest BCUT2D eigenvalue weighted by molar-refractivity contribution is -0.138. The standard InChI is InChI=1S/C31H32ClF3N4O2/c1-2-3-8-20-24(39-14-7-6-11-25(39)36)15-21(29(40)22-16-37-13-12-23(22)32)26-18-9-4-5-10-19(18)28(27(20)26)30(41)38-17-31(33,34)35/h4-5,9-10,12-13,15-16,25,28H,2-3,6-8,11,14,17,36H2,1H3,(H,38,41). The SMILES string of the molecule is CCCCc1c(N2CCCCC2N)cc(C(=O)c2cnccc2Cl)c2c1C(C(=O)NCC(F)(F)F)c1ccccc1-2. The average molecular weight is 585 g/mol. The van der Waals surface area contributed by atoms with E-state index in [1.54, 1.807) is 18.2 Å². The summed E-state index contributed by atoms with van der Waals surface area (Å²) in [7, 11) is 0. The predicted molar refractivity (Wildman–Crippen MR) is 153 cm³/mol. The number of ketones is 1. The number of hydrogen-bond donors (Lipinski definition) is 2. The Morgan fingerprint density at radius 2 is 1.95 bits per heavy atom. The molecule has 0 radical (unpaired) electrons. The lowest BCUT2D eigenvalue weighted by Gasteiger charge is -2.38. The zero-order chi connectivity index (χ0) is 29.3. The van der Waals surface area contributed by atoms with Crippen molar-refractivity contribution in [3.8, 4) is 11.1 Å². The van der Waals surface area contributed by atoms with Crippen molar-refractivity contribution in [2.24, 2.45) is 5.73 Å². The van der Waals surface area contributed by atoms with Crippen molar-refractivity contribution in [2.75, 3.05) is 18.0 Å². The maximum absolute atomic E-state index is 14.2. The van der Waals surface area contributed by atoms with Crippen LogP contribution in [0.1, 0.15) is 77.6 Å². The first-order valence-corrected chi connectivity index (χ1v) is 14.3. The number of unbranched alkanes of at least 4 members (excludes halogenated alkanes) is 1. The van der Waals surface area contributed by atoms with Gasteiger partial charge in [-0.25, -0.2) is 0 Å². The lowest BCUT2D eigenvalue weighted by atomic mass is 9.84. The summed E-state index contributed by atoms with van der Waals surface area (Å²) in [6.07, 6.45) is 2.91. The van der Waals surface area contributed by atoms with Gasteiger partial charge in [0.2, 0.25) is 5.91 Å². The van der Waals surface area contributed by atoms with Gasteiger partial charge in [0.25, 0.3) is 0 Å². The van der Waals surface area contributed by atoms with Crippen LogP contribution in [0, 0.1) is 0 Å². The van der Waals surface area contributed by atoms with Crippen LogP contribution in [0.3, 0.4) is 0 Å². The van der Waals surface area contributed by atoms with Gasteiger partial charge >= 0.3 is 6.18 Å². The number of alkyl halides is 3. The fraction of sp³-hybridized carbons (Fsp3) is 0.387. The number of piperidine rings is 1. The normalized spacial score (nSPS) is 18.1. The smallest absolute Gasteiger partial charge is 0.356 e. The van der Waals surface area contributed by atoms with Gasteiger partial charge in [-0.3, -0.25) is 14.6 Å². The molecule has 3 aromatic rings. The van der Waals surface area contributed by atoms with E-state index >= 15 is 0 Å². The summed E-state index contributed by atoms with van der Waals surface area (Å²) in [5.74, 6) is -2.16. The molecule has 1 saturated heterocycles. The van der Waals surface area contributed by atoms with Crippen LogP contribution < -0.4 is 16.0 Å². The minimum Gasteiger partial charge on any atom is -0.356 e. The van der Waals surface area contributed by atoms with Crippen molar-refractivity contribution in [1.82, 2.24) is 10.3 Å². The van der Waals surface area contributed by atoms with Gasteiger partial charge in [-0.2, -0.15) is 13.2 Å². The third kappa shape index (κ3) is 5.70. The molecular weight excluding hydrogens is 553 g/mol. The number of rotatable bonds is 8. The molecule has 2 heterocycles. The van der Waals surface area contributed by atoms with Gasteiger partial charge in [-0.05, 0) is 72.1 Å². The molecule has 216 valence electrons. The fourth-order valence-corrected chi connectivity index (χ4v) is 6.22. The zero-order valence-corrected chi connectivity index (χ0v) is 23.5. The van der Waals surface area contributed by atoms with E-state index in [2.05, 4.69) is 22.1 Å². The van der Waals surface area contributed by atoms with Gasteiger partial charge < -0.3 is 16.0 Å². The third-order valence-corrected chi connectivity index (χ3v) is 8.23. The molecule has 3 N–H and O–H groups in total. The van der Waals surface area contributed by atoms with E-state index in [9.17, 15) is 22.8 Å². The molecule has 1 aromatic heterocycles. The molecule has 41 heavy (non-hydrogen) atoms. The third-order valence-electron chi connectivity index (χ3n) is 7.91. The molecule has 2 atom stereocenters. The number of benzene rings is 2. The van der Waals surface area contributed by atoms with Gasteiger partial charge in [-0.15, -0.1) is 0 Å². The van der Waals surface area contributed by atoms with Gasteiger partial charge in [0.15, 0.2) is 5.78 Å². The van der Waals surface area contributed by atoms with Crippen molar-refractivity contribution < 1.29 is 22.8 Å². The van der Waals surface area contributed by atoms with E-state index in [0.29, 0.717) is 40.8 Å². The number of fused-ring (bicyclic) bond motifs is 3. The van der Waals surface area contributed by atoms with Crippen LogP contribution >= 0.6 is 11.6 Å². The first-order valence-electron chi connectivity index (χ1n) is 13.9. The van der Waals surface area contributed by atoms with Gasteiger partial charge in [0.05, 0.1) is 22.7 Å². The maximum Gasteiger partial charge on any atom is 0.405 e. The second kappa shape index (κ2) is 11.8. The van der Waals surface area contributed by atoms with Gasteiger partial charge in [0.1, 0.15) is 6.54 Å². The lowest BCUT2D eigenvalue weighted by Crippen LogP contribution is -2.46. The topological polar surface area (TPSA) is 88.3 Å². The second-order valence-electron chi connectivity index (χ2n) is 10.6. The summed E-state index contributed by atoms with van der Waals surface area (Å²) in [6, 6.07) is 10.5. The largest absolute Gasteiger partial charge is 0.405 e. The highest BCUT2D eigenvalue weighted by molar-refractivity contribution is 6.35. The quantitative estimate of drug-likeness (QED) is 0.300. The zero-order valence-electron chi connectivity index (χ0n) is 22.7. The number of nitrogens with one attached hydrogen (secondary N) is 1. The highest BCUT2D eigenvalue weighted by Gasteiger charge is 2.41. The fourth-order valence-electron chi connectivity index (χ4n) is 6.03. The summed E-state index contributed by atoms with van der Waals surface area (Å²) in [6.45, 7) is 1.27. The summed E-state index contributed by atoms with van der Waals surface area (Å²) in [4.78, 5) is 34.0. The molecule has 2 aromatic carbocycles. The van der Waals surface area contributed by atoms with Crippen molar-refractivity contribution >= 4 is 29.0 Å². The number of halogens is 4. The minimum atomic E-state index is -4.57. The molecule has 10 heteroatoms. The number of nitrogens with two attached hydrogens (primary N) is 1. The van der Waals surface area contributed by atoms with E-state index in [1.807, 2.05) is 12.1 Å². The molecule has 5 rings (SSSR count). The molecule has 1 fully saturated rings. The van der Waals surface area contributed by atoms with Gasteiger partial charge in [0, 0.05) is 30.2 Å². The van der Waals surface area contributed by atoms with Crippen LogP contribution in [-0.2, 0) is 11.2 Å². The molecule has 0 bridgehead atoms. The van der Waals surface area contributed by atoms with Crippen molar-refractivity contribution in [1.29, 1.82) is 0 Å². The van der Waals surface area contributed by atoms with E-state index in [-0.39, 0.29) is 22.5 Å². The molecule has 1 aliphatic heterocycles. The van der Waals surface area contributed by atoms with Gasteiger partial charge in [-0.1, -0.05) is 49.2 Å². The first-order chi connectivity index (χ1) is 19.6. The molecule has 6 nitrogen and oxygen atoms in total. The summed E-state index contributed by atoms with van der Waals surface area (Å²) in [5.41, 5.74) is 11.0. The Bertz CT molecular complexity index is 1480. The highest BCUT2D eigenvalue weighted by atomic mass is 35.5. The van der Waals surface area contributed by atoms with Crippen molar-refractivity contribution in [2.45, 2.75) is 63.7 Å². The molecule has 0 saturated carbocycles. The maximum atomic E-state index is 14.2. The predicted octanol–water partition coefficient (Wildman–Crippen LogP) is 6.37. The summed E-state index contributed by atoms with van der Waals surface area (Å²) in [5, 5.41) is 2.34. The number of pyridine rings is 1. The van der Waals surface area contributed by atoms with Crippen LogP contribution in [0.15, 0.2) is 48.8 Å². The van der Waals surface area contributed by atoms with E-state index in [0.717, 1.165) is 43.4 Å². The Labute approximate surface area is 242 Å². The molecular formula is C31H32ClF3N4O2. The number of aromatic nitrogens is 1. The van der Waals surface area contributed by atoms with Crippen molar-refractivity contribution in [3.05, 3.63) is 81.6 Å². The number of carbonyl (C=O) groups is 2. The Kier molecular flexibility index (Phi) is 8.38. The number of amides is 1. The average Bonchev–Trinajstić information content (AvgIpc) is 3.30. The Morgan fingerprint density at radius 3 is 2.66 bits per heavy atom. The van der Waals surface area contributed by atoms with Crippen LogP contribution in [-0.4, -0.2) is 42.1 Å². The second-order valence-corrected chi connectivity index (χ2v) is 11.0. The van der Waals surface area contributed by atoms with Crippen LogP contribution in [0.5, 0.6) is 0 Å². The van der Waals surface area contributed by atoms with E-state index in [4.69, 9.17) is 17.3 Å². The van der Waals surface area contributed by atoms with Crippen molar-refractivity contribution in [3.63, 3.8) is 0 Å². The summed E-state index contributed by atoms with van der Waals surface area (Å²) >= 11 is 6.43. The molecule has 2 aliphatic rings. The monoisotopic (exact) mass is 584 g/mol. The molecule has 0 spiro atoms. The van der Waals surface area contributed by atoms with Crippen LogP contribution in [0.2, 0.25) is 5.02 Å². The number of anilines is 1. The number of nitrogens with zero attached hydrogens (tertiary/aromatic N) is 2. The van der Waals surface area contributed by atoms with E-state index < -0.39 is 24.5 Å². The number of hydrogen-bond acceptors (Lipinski definition) is 5. The Morgan fingerprint density at radius 1 is 1.17 bits per heavy atom. The van der Waals surface area contributed by atoms with Crippen LogP contribution in [0.25, 0.3) is 11.1 Å². The minimum absolute atomic E-state index is 0.203. The Balaban J connectivity index is 1.81. The number of carbonyl (C=O) groups excluding carboxylic acids is 2. The Hall–Kier alpha value is -3.43. The van der Waals surface area contributed by atoms with E-state index in [1.165, 1.54) is 18.5 Å². The highest BCUT2D eigenvalue weighted by Crippen LogP contribution is 2.52. The molecule has 1 aliphatic carbocycles. The first kappa shape index (κ1) is 29.1. The summed E-state index contributed by atoms with van der Waals surface area (Å²) < 4.78 is 39.6.